The first-order valence-corrected chi connectivity index (χ1v) is 6.57. The molecule has 0 unspecified atom stereocenters. The van der Waals surface area contributed by atoms with Crippen LogP contribution in [0.3, 0.4) is 0 Å². The Morgan fingerprint density at radius 1 is 1.40 bits per heavy atom. The normalized spacial score (nSPS) is 10.7. The number of pyridine rings is 1. The van der Waals surface area contributed by atoms with Crippen molar-refractivity contribution in [1.29, 1.82) is 0 Å². The molecule has 20 heavy (non-hydrogen) atoms. The summed E-state index contributed by atoms with van der Waals surface area (Å²) in [6, 6.07) is 6.99. The summed E-state index contributed by atoms with van der Waals surface area (Å²) in [7, 11) is 1.60. The lowest BCUT2D eigenvalue weighted by atomic mass is 10.1. The van der Waals surface area contributed by atoms with E-state index in [0.29, 0.717) is 30.3 Å². The average Bonchev–Trinajstić information content (AvgIpc) is 2.47. The van der Waals surface area contributed by atoms with Crippen molar-refractivity contribution in [2.75, 3.05) is 20.3 Å². The third-order valence-electron chi connectivity index (χ3n) is 2.86. The van der Waals surface area contributed by atoms with Gasteiger partial charge in [-0.25, -0.2) is 4.98 Å². The van der Waals surface area contributed by atoms with Gasteiger partial charge in [0.2, 0.25) is 0 Å². The number of carbonyl (C=O) groups excluding carboxylic acids is 1. The van der Waals surface area contributed by atoms with E-state index in [1.165, 1.54) is 0 Å². The summed E-state index contributed by atoms with van der Waals surface area (Å²) in [5.74, 6) is -0.611. The number of rotatable bonds is 5. The molecule has 2 rings (SSSR count). The summed E-state index contributed by atoms with van der Waals surface area (Å²) in [6.07, 6.45) is 0.685. The number of amides is 1. The maximum Gasteiger partial charge on any atom is 0.273 e. The summed E-state index contributed by atoms with van der Waals surface area (Å²) in [5.41, 5.74) is -0.0638. The van der Waals surface area contributed by atoms with Gasteiger partial charge in [-0.05, 0) is 6.42 Å². The molecule has 0 aliphatic carbocycles. The van der Waals surface area contributed by atoms with Gasteiger partial charge in [0.1, 0.15) is 5.15 Å². The predicted molar refractivity (Wildman–Crippen MR) is 77.2 cm³/mol. The van der Waals surface area contributed by atoms with Crippen LogP contribution in [0.25, 0.3) is 10.8 Å². The number of nitrogens with zero attached hydrogens (tertiary/aromatic N) is 1. The highest BCUT2D eigenvalue weighted by molar-refractivity contribution is 6.34. The highest BCUT2D eigenvalue weighted by Crippen LogP contribution is 2.31. The van der Waals surface area contributed by atoms with Crippen molar-refractivity contribution >= 4 is 28.3 Å². The number of nitrogens with one attached hydrogen (secondary N) is 1. The second-order valence-corrected chi connectivity index (χ2v) is 4.61. The van der Waals surface area contributed by atoms with Gasteiger partial charge in [0.15, 0.2) is 11.4 Å². The molecule has 0 aliphatic heterocycles. The van der Waals surface area contributed by atoms with E-state index in [2.05, 4.69) is 10.3 Å². The fraction of sp³-hybridized carbons (Fsp3) is 0.286. The molecule has 0 saturated carbocycles. The first-order chi connectivity index (χ1) is 9.65. The Morgan fingerprint density at radius 3 is 2.80 bits per heavy atom. The van der Waals surface area contributed by atoms with Crippen molar-refractivity contribution in [3.63, 3.8) is 0 Å². The van der Waals surface area contributed by atoms with E-state index in [1.807, 2.05) is 0 Å². The lowest BCUT2D eigenvalue weighted by Gasteiger charge is -2.09. The molecule has 2 N–H and O–H groups in total. The first kappa shape index (κ1) is 14.6. The number of methoxy groups -OCH3 is 1. The number of ether oxygens (including phenoxy) is 1. The van der Waals surface area contributed by atoms with Crippen molar-refractivity contribution in [1.82, 2.24) is 10.3 Å². The molecule has 0 radical (unpaired) electrons. The largest absolute Gasteiger partial charge is 0.505 e. The molecule has 106 valence electrons. The van der Waals surface area contributed by atoms with Crippen molar-refractivity contribution in [2.24, 2.45) is 0 Å². The van der Waals surface area contributed by atoms with Crippen LogP contribution in [0.15, 0.2) is 24.3 Å². The minimum Gasteiger partial charge on any atom is -0.505 e. The van der Waals surface area contributed by atoms with E-state index in [4.69, 9.17) is 16.3 Å². The van der Waals surface area contributed by atoms with E-state index in [9.17, 15) is 9.90 Å². The molecule has 0 bridgehead atoms. The van der Waals surface area contributed by atoms with Crippen LogP contribution >= 0.6 is 11.6 Å². The van der Waals surface area contributed by atoms with Crippen LogP contribution in [0.2, 0.25) is 5.15 Å². The lowest BCUT2D eigenvalue weighted by Crippen LogP contribution is -2.26. The van der Waals surface area contributed by atoms with Gasteiger partial charge >= 0.3 is 0 Å². The van der Waals surface area contributed by atoms with Gasteiger partial charge in [0.25, 0.3) is 5.91 Å². The van der Waals surface area contributed by atoms with Gasteiger partial charge in [0.05, 0.1) is 0 Å². The second-order valence-electron chi connectivity index (χ2n) is 4.25. The van der Waals surface area contributed by atoms with Crippen LogP contribution in [0.1, 0.15) is 16.9 Å². The summed E-state index contributed by atoms with van der Waals surface area (Å²) < 4.78 is 4.89. The van der Waals surface area contributed by atoms with Crippen LogP contribution in [-0.4, -0.2) is 36.3 Å². The highest BCUT2D eigenvalue weighted by atomic mass is 35.5. The third-order valence-corrected chi connectivity index (χ3v) is 3.15. The molecular weight excluding hydrogens is 280 g/mol. The molecule has 5 nitrogen and oxygen atoms in total. The van der Waals surface area contributed by atoms with E-state index < -0.39 is 5.91 Å². The van der Waals surface area contributed by atoms with Crippen molar-refractivity contribution in [3.8, 4) is 5.75 Å². The van der Waals surface area contributed by atoms with Crippen LogP contribution in [0.5, 0.6) is 5.75 Å². The fourth-order valence-corrected chi connectivity index (χ4v) is 2.12. The number of benzene rings is 1. The standard InChI is InChI=1S/C14H15ClN2O3/c1-20-8-4-7-16-14(19)11-12(18)9-5-2-3-6-10(9)13(15)17-11/h2-3,5-6,18H,4,7-8H2,1H3,(H,16,19). The van der Waals surface area contributed by atoms with Gasteiger partial charge < -0.3 is 15.2 Å². The average molecular weight is 295 g/mol. The lowest BCUT2D eigenvalue weighted by molar-refractivity contribution is 0.0941. The molecule has 6 heteroatoms. The summed E-state index contributed by atoms with van der Waals surface area (Å²) >= 11 is 6.04. The number of aromatic nitrogens is 1. The van der Waals surface area contributed by atoms with Crippen molar-refractivity contribution < 1.29 is 14.6 Å². The van der Waals surface area contributed by atoms with Crippen molar-refractivity contribution in [2.45, 2.75) is 6.42 Å². The fourth-order valence-electron chi connectivity index (χ4n) is 1.87. The Kier molecular flexibility index (Phi) is 4.76. The quantitative estimate of drug-likeness (QED) is 0.656. The zero-order chi connectivity index (χ0) is 14.5. The Hall–Kier alpha value is -1.85. The molecule has 0 spiro atoms. The summed E-state index contributed by atoms with van der Waals surface area (Å²) in [6.45, 7) is 0.996. The Morgan fingerprint density at radius 2 is 2.10 bits per heavy atom. The molecule has 0 atom stereocenters. The molecule has 1 aromatic carbocycles. The van der Waals surface area contributed by atoms with Gasteiger partial charge in [0, 0.05) is 31.0 Å². The van der Waals surface area contributed by atoms with Crippen LogP contribution < -0.4 is 5.32 Å². The highest BCUT2D eigenvalue weighted by Gasteiger charge is 2.17. The van der Waals surface area contributed by atoms with Crippen LogP contribution in [-0.2, 0) is 4.74 Å². The van der Waals surface area contributed by atoms with E-state index in [1.54, 1.807) is 31.4 Å². The Bertz CT molecular complexity index is 631. The maximum atomic E-state index is 12.0. The second kappa shape index (κ2) is 6.54. The van der Waals surface area contributed by atoms with E-state index >= 15 is 0 Å². The summed E-state index contributed by atoms with van der Waals surface area (Å²) in [4.78, 5) is 16.0. The first-order valence-electron chi connectivity index (χ1n) is 6.19. The number of hydrogen-bond donors (Lipinski definition) is 2. The number of aromatic hydroxyl groups is 1. The van der Waals surface area contributed by atoms with Gasteiger partial charge in [-0.15, -0.1) is 0 Å². The van der Waals surface area contributed by atoms with E-state index in [0.717, 1.165) is 0 Å². The van der Waals surface area contributed by atoms with Gasteiger partial charge in [-0.1, -0.05) is 35.9 Å². The Balaban J connectivity index is 2.26. The van der Waals surface area contributed by atoms with Gasteiger partial charge in [-0.2, -0.15) is 0 Å². The molecule has 1 heterocycles. The Labute approximate surface area is 121 Å². The molecule has 0 fully saturated rings. The molecule has 1 amide bonds. The molecule has 0 saturated heterocycles. The maximum absolute atomic E-state index is 12.0. The predicted octanol–water partition coefficient (Wildman–Crippen LogP) is 2.36. The minimum atomic E-state index is -0.453. The SMILES string of the molecule is COCCCNC(=O)c1nc(Cl)c2ccccc2c1O. The number of fused-ring (bicyclic) bond motifs is 1. The zero-order valence-electron chi connectivity index (χ0n) is 11.0. The molecular formula is C14H15ClN2O3. The van der Waals surface area contributed by atoms with Crippen LogP contribution in [0.4, 0.5) is 0 Å². The van der Waals surface area contributed by atoms with E-state index in [-0.39, 0.29) is 16.6 Å². The number of hydrogen-bond acceptors (Lipinski definition) is 4. The van der Waals surface area contributed by atoms with Gasteiger partial charge in [-0.3, -0.25) is 4.79 Å². The molecule has 0 aliphatic rings. The smallest absolute Gasteiger partial charge is 0.273 e. The van der Waals surface area contributed by atoms with Crippen molar-refractivity contribution in [3.05, 3.63) is 35.1 Å². The number of carbonyl (C=O) groups is 1. The molecule has 2 aromatic rings. The monoisotopic (exact) mass is 294 g/mol. The minimum absolute atomic E-state index is 0.0638. The molecule has 1 aromatic heterocycles. The van der Waals surface area contributed by atoms with Crippen LogP contribution in [0, 0.1) is 0 Å². The third kappa shape index (κ3) is 3.00. The topological polar surface area (TPSA) is 71.5 Å². The number of halogens is 1. The summed E-state index contributed by atoms with van der Waals surface area (Å²) in [5, 5.41) is 14.1. The zero-order valence-corrected chi connectivity index (χ0v) is 11.8.